The van der Waals surface area contributed by atoms with Gasteiger partial charge >= 0.3 is 0 Å². The molecule has 0 N–H and O–H groups in total. The molecule has 0 aliphatic carbocycles. The van der Waals surface area contributed by atoms with Crippen LogP contribution in [0.2, 0.25) is 0 Å². The van der Waals surface area contributed by atoms with Gasteiger partial charge in [-0.3, -0.25) is 0 Å². The molecule has 2 aromatic carbocycles. The zero-order valence-electron chi connectivity index (χ0n) is 15.9. The molecule has 1 aliphatic rings. The molecule has 2 atom stereocenters. The van der Waals surface area contributed by atoms with Gasteiger partial charge in [0.1, 0.15) is 11.4 Å². The van der Waals surface area contributed by atoms with Gasteiger partial charge in [-0.1, -0.05) is 80.6 Å². The summed E-state index contributed by atoms with van der Waals surface area (Å²) >= 11 is 0. The van der Waals surface area contributed by atoms with Crippen LogP contribution in [0.4, 0.5) is 0 Å². The van der Waals surface area contributed by atoms with Gasteiger partial charge in [0.2, 0.25) is 0 Å². The lowest BCUT2D eigenvalue weighted by Gasteiger charge is -2.43. The highest BCUT2D eigenvalue weighted by Gasteiger charge is 2.42. The molecular weight excluding hydrogens is 320 g/mol. The Morgan fingerprint density at radius 2 is 1.73 bits per heavy atom. The van der Waals surface area contributed by atoms with Gasteiger partial charge in [0.05, 0.1) is 6.61 Å². The van der Waals surface area contributed by atoms with E-state index in [2.05, 4.69) is 80.6 Å². The van der Waals surface area contributed by atoms with Crippen molar-refractivity contribution in [3.05, 3.63) is 89.5 Å². The first-order chi connectivity index (χ1) is 12.7. The molecule has 0 aromatic heterocycles. The molecule has 2 unspecified atom stereocenters. The van der Waals surface area contributed by atoms with Gasteiger partial charge < -0.3 is 9.47 Å². The molecule has 3 rings (SSSR count). The Hall–Kier alpha value is -2.32. The maximum atomic E-state index is 6.79. The van der Waals surface area contributed by atoms with Crippen LogP contribution in [-0.2, 0) is 15.1 Å². The van der Waals surface area contributed by atoms with E-state index >= 15 is 0 Å². The van der Waals surface area contributed by atoms with Gasteiger partial charge in [0.15, 0.2) is 0 Å². The minimum atomic E-state index is -0.366. The van der Waals surface area contributed by atoms with Crippen LogP contribution in [0.3, 0.4) is 0 Å². The lowest BCUT2D eigenvalue weighted by molar-refractivity contribution is -0.0226. The van der Waals surface area contributed by atoms with Crippen molar-refractivity contribution >= 4 is 5.76 Å². The highest BCUT2D eigenvalue weighted by atomic mass is 16.5. The molecule has 1 heterocycles. The average molecular weight is 348 g/mol. The van der Waals surface area contributed by atoms with Gasteiger partial charge in [0.25, 0.3) is 0 Å². The molecule has 0 bridgehead atoms. The van der Waals surface area contributed by atoms with Crippen LogP contribution < -0.4 is 0 Å². The summed E-state index contributed by atoms with van der Waals surface area (Å²) in [6, 6.07) is 21.0. The highest BCUT2D eigenvalue weighted by molar-refractivity contribution is 5.65. The first-order valence-electron chi connectivity index (χ1n) is 9.39. The fraction of sp³-hybridized carbons (Fsp3) is 0.333. The number of hydrogen-bond acceptors (Lipinski definition) is 2. The van der Waals surface area contributed by atoms with E-state index in [9.17, 15) is 0 Å². The summed E-state index contributed by atoms with van der Waals surface area (Å²) in [6.45, 7) is 5.13. The van der Waals surface area contributed by atoms with E-state index in [1.165, 1.54) is 11.1 Å². The summed E-state index contributed by atoms with van der Waals surface area (Å²) in [6.07, 6.45) is 6.24. The van der Waals surface area contributed by atoms with Crippen molar-refractivity contribution in [1.82, 2.24) is 0 Å². The van der Waals surface area contributed by atoms with E-state index in [0.29, 0.717) is 12.5 Å². The molecule has 2 heteroatoms. The second-order valence-electron chi connectivity index (χ2n) is 6.95. The standard InChI is InChI=1S/C24H28O2/c1-4-19(2)24(22-13-9-6-10-14-22)18-20(15-16-25-3)17-23(26-24)21-11-7-5-8-12-21/h5-15,17,19H,4,16,18H2,1-3H3/b20-15-. The van der Waals surface area contributed by atoms with Crippen molar-refractivity contribution in [2.45, 2.75) is 32.3 Å². The van der Waals surface area contributed by atoms with Crippen molar-refractivity contribution in [3.8, 4) is 0 Å². The van der Waals surface area contributed by atoms with Gasteiger partial charge in [0, 0.05) is 25.0 Å². The van der Waals surface area contributed by atoms with E-state index in [-0.39, 0.29) is 5.60 Å². The van der Waals surface area contributed by atoms with Crippen molar-refractivity contribution in [2.75, 3.05) is 13.7 Å². The van der Waals surface area contributed by atoms with Crippen LogP contribution in [0.1, 0.15) is 37.8 Å². The van der Waals surface area contributed by atoms with Crippen LogP contribution in [0.25, 0.3) is 5.76 Å². The molecule has 1 aliphatic heterocycles. The van der Waals surface area contributed by atoms with Gasteiger partial charge in [-0.2, -0.15) is 0 Å². The molecule has 0 saturated heterocycles. The van der Waals surface area contributed by atoms with E-state index in [0.717, 1.165) is 24.2 Å². The Kier molecular flexibility index (Phi) is 5.95. The van der Waals surface area contributed by atoms with E-state index in [4.69, 9.17) is 9.47 Å². The summed E-state index contributed by atoms with van der Waals surface area (Å²) < 4.78 is 12.1. The van der Waals surface area contributed by atoms with Gasteiger partial charge in [-0.25, -0.2) is 0 Å². The summed E-state index contributed by atoms with van der Waals surface area (Å²) in [5, 5.41) is 0. The Bertz CT molecular complexity index is 761. The first-order valence-corrected chi connectivity index (χ1v) is 9.39. The lowest BCUT2D eigenvalue weighted by atomic mass is 9.74. The zero-order chi connectivity index (χ0) is 18.4. The van der Waals surface area contributed by atoms with E-state index in [1.807, 2.05) is 6.07 Å². The topological polar surface area (TPSA) is 18.5 Å². The minimum Gasteiger partial charge on any atom is -0.481 e. The molecular formula is C24H28O2. The van der Waals surface area contributed by atoms with Crippen molar-refractivity contribution < 1.29 is 9.47 Å². The SMILES string of the molecule is CCC(C)C1(c2ccccc2)C/C(=C\COC)C=C(c2ccccc2)O1. The van der Waals surface area contributed by atoms with E-state index < -0.39 is 0 Å². The van der Waals surface area contributed by atoms with Gasteiger partial charge in [-0.15, -0.1) is 0 Å². The van der Waals surface area contributed by atoms with Crippen molar-refractivity contribution in [3.63, 3.8) is 0 Å². The third-order valence-corrected chi connectivity index (χ3v) is 5.32. The largest absolute Gasteiger partial charge is 0.481 e. The van der Waals surface area contributed by atoms with Crippen LogP contribution in [0, 0.1) is 5.92 Å². The molecule has 0 amide bonds. The predicted molar refractivity (Wildman–Crippen MR) is 108 cm³/mol. The second kappa shape index (κ2) is 8.37. The summed E-state index contributed by atoms with van der Waals surface area (Å²) in [5.41, 5.74) is 3.25. The number of hydrogen-bond donors (Lipinski definition) is 0. The quantitative estimate of drug-likeness (QED) is 0.641. The molecule has 0 spiro atoms. The Morgan fingerprint density at radius 1 is 1.08 bits per heavy atom. The summed E-state index contributed by atoms with van der Waals surface area (Å²) in [5.74, 6) is 1.31. The van der Waals surface area contributed by atoms with Crippen LogP contribution in [-0.4, -0.2) is 13.7 Å². The minimum absolute atomic E-state index is 0.366. The number of benzene rings is 2. The van der Waals surface area contributed by atoms with Crippen molar-refractivity contribution in [2.24, 2.45) is 5.92 Å². The third-order valence-electron chi connectivity index (χ3n) is 5.32. The molecule has 2 nitrogen and oxygen atoms in total. The Balaban J connectivity index is 2.12. The molecule has 136 valence electrons. The summed E-state index contributed by atoms with van der Waals surface area (Å²) in [4.78, 5) is 0. The van der Waals surface area contributed by atoms with Crippen LogP contribution >= 0.6 is 0 Å². The average Bonchev–Trinajstić information content (AvgIpc) is 2.72. The van der Waals surface area contributed by atoms with E-state index in [1.54, 1.807) is 7.11 Å². The van der Waals surface area contributed by atoms with Crippen LogP contribution in [0.15, 0.2) is 78.4 Å². The maximum absolute atomic E-state index is 6.79. The highest BCUT2D eigenvalue weighted by Crippen LogP contribution is 2.47. The molecule has 0 radical (unpaired) electrons. The summed E-state index contributed by atoms with van der Waals surface area (Å²) in [7, 11) is 1.73. The lowest BCUT2D eigenvalue weighted by Crippen LogP contribution is -2.38. The van der Waals surface area contributed by atoms with Gasteiger partial charge in [-0.05, 0) is 23.6 Å². The van der Waals surface area contributed by atoms with Crippen LogP contribution in [0.5, 0.6) is 0 Å². The fourth-order valence-electron chi connectivity index (χ4n) is 3.62. The molecule has 26 heavy (non-hydrogen) atoms. The maximum Gasteiger partial charge on any atom is 0.140 e. The second-order valence-corrected chi connectivity index (χ2v) is 6.95. The van der Waals surface area contributed by atoms with Crippen molar-refractivity contribution in [1.29, 1.82) is 0 Å². The fourth-order valence-corrected chi connectivity index (χ4v) is 3.62. The number of rotatable bonds is 6. The third kappa shape index (κ3) is 3.76. The molecule has 0 saturated carbocycles. The number of methoxy groups -OCH3 is 1. The zero-order valence-corrected chi connectivity index (χ0v) is 15.9. The number of ether oxygens (including phenoxy) is 2. The molecule has 0 fully saturated rings. The number of allylic oxidation sites excluding steroid dienone is 1. The Morgan fingerprint density at radius 3 is 2.35 bits per heavy atom. The first kappa shape index (κ1) is 18.5. The monoisotopic (exact) mass is 348 g/mol. The smallest absolute Gasteiger partial charge is 0.140 e. The molecule has 2 aromatic rings. The normalized spacial score (nSPS) is 22.6. The predicted octanol–water partition coefficient (Wildman–Crippen LogP) is 5.96. The Labute approximate surface area is 157 Å².